The first-order chi connectivity index (χ1) is 9.97. The number of nitro benzene ring substituents is 1. The van der Waals surface area contributed by atoms with Crippen LogP contribution in [0.15, 0.2) is 12.1 Å². The van der Waals surface area contributed by atoms with E-state index in [-0.39, 0.29) is 6.54 Å². The van der Waals surface area contributed by atoms with E-state index in [1.165, 1.54) is 0 Å². The fourth-order valence-corrected chi connectivity index (χ4v) is 1.73. The normalized spacial score (nSPS) is 10.4. The number of ether oxygens (including phenoxy) is 1. The van der Waals surface area contributed by atoms with Gasteiger partial charge < -0.3 is 10.1 Å². The molecule has 0 heterocycles. The maximum absolute atomic E-state index is 13.1. The first-order valence-electron chi connectivity index (χ1n) is 6.02. The smallest absolute Gasteiger partial charge is 0.285 e. The minimum Gasteiger partial charge on any atom is -0.381 e. The van der Waals surface area contributed by atoms with Gasteiger partial charge >= 0.3 is 0 Å². The molecule has 0 radical (unpaired) electrons. The summed E-state index contributed by atoms with van der Waals surface area (Å²) in [6, 6.07) is 0.910. The van der Waals surface area contributed by atoms with Crippen molar-refractivity contribution < 1.29 is 23.2 Å². The number of benzene rings is 1. The molecule has 0 atom stereocenters. The maximum Gasteiger partial charge on any atom is 0.285 e. The van der Waals surface area contributed by atoms with Crippen molar-refractivity contribution in [2.75, 3.05) is 25.1 Å². The third-order valence-corrected chi connectivity index (χ3v) is 2.78. The molecule has 9 heteroatoms. The monoisotopic (exact) mass is 366 g/mol. The average molecular weight is 367 g/mol. The highest BCUT2D eigenvalue weighted by molar-refractivity contribution is 9.09. The molecule has 0 unspecified atom stereocenters. The zero-order valence-electron chi connectivity index (χ0n) is 10.9. The number of nitrogens with one attached hydrogen (secondary N) is 1. The van der Waals surface area contributed by atoms with Crippen molar-refractivity contribution in [3.8, 4) is 0 Å². The average Bonchev–Trinajstić information content (AvgIpc) is 2.44. The second-order valence-corrected chi connectivity index (χ2v) is 4.74. The summed E-state index contributed by atoms with van der Waals surface area (Å²) in [6.45, 7) is 1.14. The van der Waals surface area contributed by atoms with Gasteiger partial charge in [-0.15, -0.1) is 0 Å². The van der Waals surface area contributed by atoms with Crippen LogP contribution in [0.1, 0.15) is 16.8 Å². The van der Waals surface area contributed by atoms with Gasteiger partial charge in [0.1, 0.15) is 5.56 Å². The lowest BCUT2D eigenvalue weighted by Crippen LogP contribution is -2.26. The van der Waals surface area contributed by atoms with Crippen molar-refractivity contribution >= 4 is 27.5 Å². The molecule has 0 saturated heterocycles. The molecule has 0 spiro atoms. The molecule has 1 aromatic rings. The van der Waals surface area contributed by atoms with E-state index in [2.05, 4.69) is 21.2 Å². The third kappa shape index (κ3) is 5.35. The van der Waals surface area contributed by atoms with Gasteiger partial charge in [0.2, 0.25) is 0 Å². The fourth-order valence-electron chi connectivity index (χ4n) is 1.50. The van der Waals surface area contributed by atoms with Gasteiger partial charge in [-0.2, -0.15) is 0 Å². The van der Waals surface area contributed by atoms with Crippen LogP contribution < -0.4 is 5.32 Å². The van der Waals surface area contributed by atoms with Crippen LogP contribution in [0.4, 0.5) is 14.5 Å². The molecule has 1 aromatic carbocycles. The molecule has 0 fully saturated rings. The van der Waals surface area contributed by atoms with Crippen molar-refractivity contribution in [1.82, 2.24) is 5.32 Å². The van der Waals surface area contributed by atoms with Crippen molar-refractivity contribution in [2.45, 2.75) is 6.42 Å². The first-order valence-corrected chi connectivity index (χ1v) is 7.15. The summed E-state index contributed by atoms with van der Waals surface area (Å²) in [7, 11) is 0. The van der Waals surface area contributed by atoms with Gasteiger partial charge in [-0.3, -0.25) is 14.9 Å². The molecule has 0 bridgehead atoms. The predicted octanol–water partition coefficient (Wildman–Crippen LogP) is 2.40. The summed E-state index contributed by atoms with van der Waals surface area (Å²) < 4.78 is 31.2. The minimum atomic E-state index is -1.37. The lowest BCUT2D eigenvalue weighted by Gasteiger charge is -2.06. The lowest BCUT2D eigenvalue weighted by atomic mass is 10.1. The largest absolute Gasteiger partial charge is 0.381 e. The predicted molar refractivity (Wildman–Crippen MR) is 74.6 cm³/mol. The van der Waals surface area contributed by atoms with Gasteiger partial charge in [0.25, 0.3) is 11.6 Å². The minimum absolute atomic E-state index is 0.206. The van der Waals surface area contributed by atoms with Gasteiger partial charge in [-0.1, -0.05) is 15.9 Å². The van der Waals surface area contributed by atoms with E-state index in [0.29, 0.717) is 37.1 Å². The zero-order chi connectivity index (χ0) is 15.8. The Labute approximate surface area is 127 Å². The van der Waals surface area contributed by atoms with Gasteiger partial charge in [0.15, 0.2) is 11.6 Å². The molecule has 0 saturated carbocycles. The topological polar surface area (TPSA) is 81.5 Å². The Morgan fingerprint density at radius 3 is 2.62 bits per heavy atom. The van der Waals surface area contributed by atoms with Crippen LogP contribution in [-0.2, 0) is 4.74 Å². The van der Waals surface area contributed by atoms with Crippen molar-refractivity contribution in [3.05, 3.63) is 39.4 Å². The van der Waals surface area contributed by atoms with Crippen molar-refractivity contribution in [1.29, 1.82) is 0 Å². The Hall–Kier alpha value is -1.61. The summed E-state index contributed by atoms with van der Waals surface area (Å²) >= 11 is 3.18. The summed E-state index contributed by atoms with van der Waals surface area (Å²) in [5, 5.41) is 13.8. The fraction of sp³-hybridized carbons (Fsp3) is 0.417. The Morgan fingerprint density at radius 2 is 2.00 bits per heavy atom. The lowest BCUT2D eigenvalue weighted by molar-refractivity contribution is -0.385. The zero-order valence-corrected chi connectivity index (χ0v) is 12.5. The molecule has 21 heavy (non-hydrogen) atoms. The van der Waals surface area contributed by atoms with Crippen LogP contribution in [0.2, 0.25) is 0 Å². The van der Waals surface area contributed by atoms with Crippen LogP contribution in [0.3, 0.4) is 0 Å². The van der Waals surface area contributed by atoms with Gasteiger partial charge in [-0.05, 0) is 12.5 Å². The Balaban J connectivity index is 2.65. The first kappa shape index (κ1) is 17.4. The van der Waals surface area contributed by atoms with Crippen LogP contribution in [-0.4, -0.2) is 35.9 Å². The van der Waals surface area contributed by atoms with E-state index in [0.717, 1.165) is 0 Å². The van der Waals surface area contributed by atoms with Gasteiger partial charge in [0, 0.05) is 18.5 Å². The number of hydrogen-bond acceptors (Lipinski definition) is 4. The Bertz CT molecular complexity index is 528. The number of halogens is 3. The number of alkyl halides is 1. The van der Waals surface area contributed by atoms with Crippen molar-refractivity contribution in [2.24, 2.45) is 0 Å². The van der Waals surface area contributed by atoms with Gasteiger partial charge in [0.05, 0.1) is 17.6 Å². The number of carbonyl (C=O) groups excluding carboxylic acids is 1. The molecule has 1 N–H and O–H groups in total. The Morgan fingerprint density at radius 1 is 1.33 bits per heavy atom. The van der Waals surface area contributed by atoms with Crippen LogP contribution in [0, 0.1) is 21.7 Å². The summed E-state index contributed by atoms with van der Waals surface area (Å²) in [6.07, 6.45) is 0.496. The molecule has 0 aromatic heterocycles. The molecule has 0 aliphatic rings. The third-order valence-electron chi connectivity index (χ3n) is 2.45. The molecule has 1 amide bonds. The van der Waals surface area contributed by atoms with E-state index < -0.39 is 33.7 Å². The number of nitro groups is 1. The van der Waals surface area contributed by atoms with E-state index in [1.807, 2.05) is 0 Å². The van der Waals surface area contributed by atoms with Crippen LogP contribution in [0.25, 0.3) is 0 Å². The molecular formula is C12H13BrF2N2O4. The number of nitrogens with zero attached hydrogens (tertiary/aromatic N) is 1. The SMILES string of the molecule is O=C(NCCCOCCBr)c1cc(F)c(F)cc1[N+](=O)[O-]. The molecule has 1 rings (SSSR count). The quantitative estimate of drug-likeness (QED) is 0.331. The molecule has 0 aliphatic heterocycles. The number of carbonyl (C=O) groups is 1. The summed E-state index contributed by atoms with van der Waals surface area (Å²) in [4.78, 5) is 21.6. The van der Waals surface area contributed by atoms with Crippen LogP contribution >= 0.6 is 15.9 Å². The standard InChI is InChI=1S/C12H13BrF2N2O4/c13-2-5-21-4-1-3-16-12(18)8-6-9(14)10(15)7-11(8)17(19)20/h6-7H,1-5H2,(H,16,18). The summed E-state index contributed by atoms with van der Waals surface area (Å²) in [5.41, 5.74) is -1.29. The van der Waals surface area contributed by atoms with E-state index >= 15 is 0 Å². The highest BCUT2D eigenvalue weighted by atomic mass is 79.9. The second-order valence-electron chi connectivity index (χ2n) is 3.95. The van der Waals surface area contributed by atoms with Gasteiger partial charge in [-0.25, -0.2) is 8.78 Å². The number of hydrogen-bond donors (Lipinski definition) is 1. The van der Waals surface area contributed by atoms with Crippen LogP contribution in [0.5, 0.6) is 0 Å². The molecule has 6 nitrogen and oxygen atoms in total. The highest BCUT2D eigenvalue weighted by Gasteiger charge is 2.23. The molecule has 0 aliphatic carbocycles. The maximum atomic E-state index is 13.1. The van der Waals surface area contributed by atoms with E-state index in [1.54, 1.807) is 0 Å². The number of rotatable bonds is 8. The van der Waals surface area contributed by atoms with E-state index in [9.17, 15) is 23.7 Å². The molecule has 116 valence electrons. The summed E-state index contributed by atoms with van der Waals surface area (Å²) in [5.74, 6) is -3.52. The van der Waals surface area contributed by atoms with E-state index in [4.69, 9.17) is 4.74 Å². The number of amides is 1. The Kier molecular flexibility index (Phi) is 7.17. The second kappa shape index (κ2) is 8.63. The highest BCUT2D eigenvalue weighted by Crippen LogP contribution is 2.22. The molecular weight excluding hydrogens is 354 g/mol. The van der Waals surface area contributed by atoms with Crippen molar-refractivity contribution in [3.63, 3.8) is 0 Å².